The van der Waals surface area contributed by atoms with Crippen LogP contribution in [0.5, 0.6) is 5.75 Å². The van der Waals surface area contributed by atoms with Crippen LogP contribution in [0.15, 0.2) is 36.4 Å². The lowest BCUT2D eigenvalue weighted by molar-refractivity contribution is -0.153. The minimum atomic E-state index is -0.113. The first-order valence-corrected chi connectivity index (χ1v) is 7.57. The molecule has 0 spiro atoms. The second-order valence-electron chi connectivity index (χ2n) is 5.54. The molecule has 2 aromatic rings. The zero-order valence-corrected chi connectivity index (χ0v) is 12.7. The predicted molar refractivity (Wildman–Crippen MR) is 83.8 cm³/mol. The molecule has 2 aromatic carbocycles. The molecule has 0 N–H and O–H groups in total. The molecule has 4 heteroatoms. The lowest BCUT2D eigenvalue weighted by Gasteiger charge is -2.20. The summed E-state index contributed by atoms with van der Waals surface area (Å²) in [5.74, 6) is 0.711. The van der Waals surface area contributed by atoms with Crippen molar-refractivity contribution in [3.63, 3.8) is 0 Å². The van der Waals surface area contributed by atoms with Crippen molar-refractivity contribution in [3.8, 4) is 5.75 Å². The number of esters is 1. The second kappa shape index (κ2) is 6.79. The number of methoxy groups -OCH3 is 1. The molecule has 4 nitrogen and oxygen atoms in total. The van der Waals surface area contributed by atoms with Crippen molar-refractivity contribution in [2.45, 2.75) is 19.4 Å². The van der Waals surface area contributed by atoms with Crippen molar-refractivity contribution < 1.29 is 19.0 Å². The molecule has 0 amide bonds. The number of fused-ring (bicyclic) bond motifs is 1. The lowest BCUT2D eigenvalue weighted by Crippen LogP contribution is -2.25. The molecular formula is C18H20O4. The van der Waals surface area contributed by atoms with E-state index in [1.807, 2.05) is 36.4 Å². The van der Waals surface area contributed by atoms with Crippen LogP contribution in [0, 0.1) is 5.92 Å². The van der Waals surface area contributed by atoms with Crippen molar-refractivity contribution in [1.29, 1.82) is 0 Å². The fourth-order valence-electron chi connectivity index (χ4n) is 2.70. The minimum Gasteiger partial charge on any atom is -0.497 e. The van der Waals surface area contributed by atoms with Gasteiger partial charge in [-0.25, -0.2) is 0 Å². The summed E-state index contributed by atoms with van der Waals surface area (Å²) >= 11 is 0. The Morgan fingerprint density at radius 2 is 1.86 bits per heavy atom. The number of benzene rings is 2. The number of ether oxygens (including phenoxy) is 3. The van der Waals surface area contributed by atoms with Gasteiger partial charge in [0.25, 0.3) is 0 Å². The Hall–Kier alpha value is -2.07. The standard InChI is InChI=1S/C18H20O4/c1-20-17-5-4-15-10-13(2-3-16(15)11-17)12-22-18(19)14-6-8-21-9-7-14/h2-5,10-11,14H,6-9,12H2,1H3. The van der Waals surface area contributed by atoms with Gasteiger partial charge in [0.1, 0.15) is 12.4 Å². The van der Waals surface area contributed by atoms with E-state index in [4.69, 9.17) is 14.2 Å². The van der Waals surface area contributed by atoms with E-state index < -0.39 is 0 Å². The average molecular weight is 300 g/mol. The molecule has 0 aliphatic carbocycles. The molecule has 0 aromatic heterocycles. The number of hydrogen-bond donors (Lipinski definition) is 0. The molecule has 0 unspecified atom stereocenters. The Bertz CT molecular complexity index is 659. The minimum absolute atomic E-state index is 0.0153. The van der Waals surface area contributed by atoms with Crippen molar-refractivity contribution in [2.75, 3.05) is 20.3 Å². The Morgan fingerprint density at radius 1 is 1.14 bits per heavy atom. The van der Waals surface area contributed by atoms with Gasteiger partial charge in [0.15, 0.2) is 0 Å². The van der Waals surface area contributed by atoms with Gasteiger partial charge in [-0.05, 0) is 47.4 Å². The summed E-state index contributed by atoms with van der Waals surface area (Å²) < 4.78 is 15.9. The Morgan fingerprint density at radius 3 is 2.64 bits per heavy atom. The van der Waals surface area contributed by atoms with Crippen molar-refractivity contribution in [3.05, 3.63) is 42.0 Å². The maximum absolute atomic E-state index is 12.0. The molecule has 1 heterocycles. The van der Waals surface area contributed by atoms with Gasteiger partial charge in [0, 0.05) is 13.2 Å². The van der Waals surface area contributed by atoms with Crippen LogP contribution in [0.4, 0.5) is 0 Å². The van der Waals surface area contributed by atoms with Crippen LogP contribution in [-0.4, -0.2) is 26.3 Å². The van der Waals surface area contributed by atoms with E-state index in [-0.39, 0.29) is 11.9 Å². The highest BCUT2D eigenvalue weighted by atomic mass is 16.5. The van der Waals surface area contributed by atoms with Gasteiger partial charge in [-0.1, -0.05) is 18.2 Å². The monoisotopic (exact) mass is 300 g/mol. The molecule has 0 saturated carbocycles. The third-order valence-electron chi connectivity index (χ3n) is 4.05. The molecule has 0 atom stereocenters. The van der Waals surface area contributed by atoms with Gasteiger partial charge in [-0.2, -0.15) is 0 Å². The SMILES string of the molecule is COc1ccc2cc(COC(=O)C3CCOCC3)ccc2c1. The summed E-state index contributed by atoms with van der Waals surface area (Å²) in [6, 6.07) is 12.0. The van der Waals surface area contributed by atoms with Crippen LogP contribution in [0.3, 0.4) is 0 Å². The van der Waals surface area contributed by atoms with Crippen molar-refractivity contribution >= 4 is 16.7 Å². The number of carbonyl (C=O) groups is 1. The van der Waals surface area contributed by atoms with E-state index in [1.54, 1.807) is 7.11 Å². The number of rotatable bonds is 4. The van der Waals surface area contributed by atoms with Gasteiger partial charge in [0.05, 0.1) is 13.0 Å². The second-order valence-corrected chi connectivity index (χ2v) is 5.54. The first-order chi connectivity index (χ1) is 10.8. The van der Waals surface area contributed by atoms with Crippen LogP contribution >= 0.6 is 0 Å². The number of hydrogen-bond acceptors (Lipinski definition) is 4. The number of carbonyl (C=O) groups excluding carboxylic acids is 1. The van der Waals surface area contributed by atoms with Gasteiger partial charge >= 0.3 is 5.97 Å². The fourth-order valence-corrected chi connectivity index (χ4v) is 2.70. The van der Waals surface area contributed by atoms with E-state index >= 15 is 0 Å². The van der Waals surface area contributed by atoms with Crippen LogP contribution in [0.2, 0.25) is 0 Å². The molecule has 3 rings (SSSR count). The summed E-state index contributed by atoms with van der Waals surface area (Å²) in [5, 5.41) is 2.22. The average Bonchev–Trinajstić information content (AvgIpc) is 2.59. The Balaban J connectivity index is 1.65. The highest BCUT2D eigenvalue weighted by molar-refractivity contribution is 5.84. The summed E-state index contributed by atoms with van der Waals surface area (Å²) in [5.41, 5.74) is 0.998. The van der Waals surface area contributed by atoms with Gasteiger partial charge < -0.3 is 14.2 Å². The third-order valence-corrected chi connectivity index (χ3v) is 4.05. The topological polar surface area (TPSA) is 44.8 Å². The van der Waals surface area contributed by atoms with Gasteiger partial charge in [-0.15, -0.1) is 0 Å². The molecule has 116 valence electrons. The Kier molecular flexibility index (Phi) is 4.59. The largest absolute Gasteiger partial charge is 0.497 e. The van der Waals surface area contributed by atoms with E-state index in [1.165, 1.54) is 0 Å². The van der Waals surface area contributed by atoms with E-state index in [2.05, 4.69) is 0 Å². The summed E-state index contributed by atoms with van der Waals surface area (Å²) in [6.07, 6.45) is 1.52. The molecule has 0 bridgehead atoms. The van der Waals surface area contributed by atoms with Crippen molar-refractivity contribution in [1.82, 2.24) is 0 Å². The normalized spacial score (nSPS) is 15.7. The molecule has 1 aliphatic heterocycles. The van der Waals surface area contributed by atoms with Crippen LogP contribution in [-0.2, 0) is 20.9 Å². The third kappa shape index (κ3) is 3.39. The molecule has 0 radical (unpaired) electrons. The molecule has 22 heavy (non-hydrogen) atoms. The van der Waals surface area contributed by atoms with Crippen LogP contribution in [0.1, 0.15) is 18.4 Å². The molecule has 1 fully saturated rings. The van der Waals surface area contributed by atoms with Crippen molar-refractivity contribution in [2.24, 2.45) is 5.92 Å². The highest BCUT2D eigenvalue weighted by Crippen LogP contribution is 2.23. The summed E-state index contributed by atoms with van der Waals surface area (Å²) in [4.78, 5) is 12.0. The predicted octanol–water partition coefficient (Wildman–Crippen LogP) is 3.32. The van der Waals surface area contributed by atoms with Crippen LogP contribution < -0.4 is 4.74 Å². The summed E-state index contributed by atoms with van der Waals surface area (Å²) in [7, 11) is 1.66. The first kappa shape index (κ1) is 14.9. The Labute approximate surface area is 130 Å². The van der Waals surface area contributed by atoms with Crippen LogP contribution in [0.25, 0.3) is 10.8 Å². The lowest BCUT2D eigenvalue weighted by atomic mass is 10.0. The first-order valence-electron chi connectivity index (χ1n) is 7.57. The fraction of sp³-hybridized carbons (Fsp3) is 0.389. The molecular weight excluding hydrogens is 280 g/mol. The molecule has 1 aliphatic rings. The zero-order chi connectivity index (χ0) is 15.4. The highest BCUT2D eigenvalue weighted by Gasteiger charge is 2.22. The zero-order valence-electron chi connectivity index (χ0n) is 12.7. The van der Waals surface area contributed by atoms with E-state index in [0.29, 0.717) is 19.8 Å². The van der Waals surface area contributed by atoms with Gasteiger partial charge in [-0.3, -0.25) is 4.79 Å². The molecule has 1 saturated heterocycles. The summed E-state index contributed by atoms with van der Waals surface area (Å²) in [6.45, 7) is 1.62. The van der Waals surface area contributed by atoms with E-state index in [0.717, 1.165) is 34.9 Å². The maximum atomic E-state index is 12.0. The quantitative estimate of drug-likeness (QED) is 0.813. The smallest absolute Gasteiger partial charge is 0.309 e. The van der Waals surface area contributed by atoms with Gasteiger partial charge in [0.2, 0.25) is 0 Å². The van der Waals surface area contributed by atoms with E-state index in [9.17, 15) is 4.79 Å². The maximum Gasteiger partial charge on any atom is 0.309 e.